The van der Waals surface area contributed by atoms with Gasteiger partial charge in [-0.15, -0.1) is 0 Å². The lowest BCUT2D eigenvalue weighted by molar-refractivity contribution is -0.384. The Morgan fingerprint density at radius 1 is 0.906 bits per heavy atom. The summed E-state index contributed by atoms with van der Waals surface area (Å²) in [4.78, 5) is 47.9. The third-order valence-corrected chi connectivity index (χ3v) is 4.70. The number of amides is 1. The van der Waals surface area contributed by atoms with Gasteiger partial charge in [-0.2, -0.15) is 0 Å². The van der Waals surface area contributed by atoms with E-state index in [0.29, 0.717) is 16.1 Å². The Kier molecular flexibility index (Phi) is 7.30. The average Bonchev–Trinajstić information content (AvgIpc) is 2.81. The smallest absolute Gasteiger partial charge is 0.326 e. The molecule has 0 aromatic heterocycles. The molecule has 9 heteroatoms. The molecule has 0 spiro atoms. The summed E-state index contributed by atoms with van der Waals surface area (Å²) in [6.45, 7) is -0.479. The van der Waals surface area contributed by atoms with Crippen LogP contribution in [0.5, 0.6) is 0 Å². The fraction of sp³-hybridized carbons (Fsp3) is 0.0870. The molecule has 1 atom stereocenters. The molecule has 0 aliphatic heterocycles. The first-order valence-electron chi connectivity index (χ1n) is 9.42. The van der Waals surface area contributed by atoms with Crippen molar-refractivity contribution < 1.29 is 24.0 Å². The number of ether oxygens (including phenoxy) is 1. The lowest BCUT2D eigenvalue weighted by Gasteiger charge is -2.17. The molecule has 1 N–H and O–H groups in total. The second-order valence-electron chi connectivity index (χ2n) is 6.64. The van der Waals surface area contributed by atoms with Crippen molar-refractivity contribution in [3.05, 3.63) is 111 Å². The van der Waals surface area contributed by atoms with Crippen molar-refractivity contribution in [2.45, 2.75) is 6.10 Å². The molecule has 32 heavy (non-hydrogen) atoms. The summed E-state index contributed by atoms with van der Waals surface area (Å²) in [5.74, 6) is -1.86. The highest BCUT2D eigenvalue weighted by atomic mass is 35.5. The van der Waals surface area contributed by atoms with E-state index in [9.17, 15) is 24.5 Å². The molecule has 0 aliphatic carbocycles. The molecule has 1 unspecified atom stereocenters. The fourth-order valence-electron chi connectivity index (χ4n) is 2.83. The van der Waals surface area contributed by atoms with Gasteiger partial charge in [0, 0.05) is 33.8 Å². The lowest BCUT2D eigenvalue weighted by Crippen LogP contribution is -2.32. The predicted octanol–water partition coefficient (Wildman–Crippen LogP) is 4.15. The Balaban J connectivity index is 1.74. The molecule has 0 bridgehead atoms. The largest absolute Gasteiger partial charge is 0.448 e. The van der Waals surface area contributed by atoms with E-state index in [1.807, 2.05) is 0 Å². The number of ketones is 1. The summed E-state index contributed by atoms with van der Waals surface area (Å²) in [5, 5.41) is 13.8. The number of nitrogens with zero attached hydrogens (tertiary/aromatic N) is 1. The van der Waals surface area contributed by atoms with Crippen molar-refractivity contribution in [2.75, 3.05) is 6.54 Å². The van der Waals surface area contributed by atoms with Gasteiger partial charge < -0.3 is 10.1 Å². The van der Waals surface area contributed by atoms with Crippen LogP contribution in [0, 0.1) is 10.1 Å². The molecule has 3 aromatic carbocycles. The molecule has 0 fully saturated rings. The van der Waals surface area contributed by atoms with Crippen molar-refractivity contribution in [2.24, 2.45) is 0 Å². The number of carbonyl (C=O) groups excluding carboxylic acids is 3. The van der Waals surface area contributed by atoms with Crippen LogP contribution in [0.4, 0.5) is 5.69 Å². The topological polar surface area (TPSA) is 116 Å². The van der Waals surface area contributed by atoms with Gasteiger partial charge in [0.25, 0.3) is 11.6 Å². The molecular weight excluding hydrogens is 436 g/mol. The number of nitro benzene ring substituents is 1. The molecule has 0 aliphatic rings. The van der Waals surface area contributed by atoms with Gasteiger partial charge in [0.1, 0.15) is 6.54 Å². The van der Waals surface area contributed by atoms with Gasteiger partial charge >= 0.3 is 5.97 Å². The second-order valence-corrected chi connectivity index (χ2v) is 7.07. The van der Waals surface area contributed by atoms with E-state index in [1.54, 1.807) is 30.3 Å². The number of benzene rings is 3. The maximum atomic E-state index is 13.0. The molecule has 1 amide bonds. The van der Waals surface area contributed by atoms with Crippen LogP contribution in [0.15, 0.2) is 78.9 Å². The van der Waals surface area contributed by atoms with Crippen LogP contribution in [0.3, 0.4) is 0 Å². The zero-order chi connectivity index (χ0) is 23.1. The Morgan fingerprint density at radius 3 is 2.12 bits per heavy atom. The highest BCUT2D eigenvalue weighted by Gasteiger charge is 2.27. The maximum absolute atomic E-state index is 13.0. The number of nitro groups is 1. The van der Waals surface area contributed by atoms with E-state index in [-0.39, 0.29) is 11.3 Å². The first kappa shape index (κ1) is 22.6. The van der Waals surface area contributed by atoms with Crippen LogP contribution in [0.25, 0.3) is 0 Å². The molecule has 8 nitrogen and oxygen atoms in total. The maximum Gasteiger partial charge on any atom is 0.326 e. The highest BCUT2D eigenvalue weighted by molar-refractivity contribution is 6.30. The fourth-order valence-corrected chi connectivity index (χ4v) is 2.95. The normalized spacial score (nSPS) is 11.3. The summed E-state index contributed by atoms with van der Waals surface area (Å²) in [7, 11) is 0. The SMILES string of the molecule is O=C(CNC(=O)c1ccc(Cl)cc1)OC(C(=O)c1ccccc1)c1ccc([N+](=O)[O-])cc1. The summed E-state index contributed by atoms with van der Waals surface area (Å²) in [6.07, 6.45) is -1.34. The van der Waals surface area contributed by atoms with Crippen molar-refractivity contribution in [3.63, 3.8) is 0 Å². The first-order valence-corrected chi connectivity index (χ1v) is 9.80. The van der Waals surface area contributed by atoms with Gasteiger partial charge in [0.05, 0.1) is 4.92 Å². The number of carbonyl (C=O) groups is 3. The van der Waals surface area contributed by atoms with Crippen LogP contribution in [0.1, 0.15) is 32.4 Å². The van der Waals surface area contributed by atoms with Gasteiger partial charge in [-0.1, -0.05) is 41.9 Å². The minimum absolute atomic E-state index is 0.166. The molecule has 3 aromatic rings. The summed E-state index contributed by atoms with van der Waals surface area (Å²) in [6, 6.07) is 19.4. The molecule has 0 radical (unpaired) electrons. The Labute approximate surface area is 187 Å². The molecule has 0 heterocycles. The third-order valence-electron chi connectivity index (χ3n) is 4.45. The molecule has 3 rings (SSSR count). The molecule has 162 valence electrons. The number of rotatable bonds is 8. The van der Waals surface area contributed by atoms with Gasteiger partial charge in [-0.3, -0.25) is 24.5 Å². The van der Waals surface area contributed by atoms with E-state index in [0.717, 1.165) is 0 Å². The lowest BCUT2D eigenvalue weighted by atomic mass is 9.99. The minimum Gasteiger partial charge on any atom is -0.448 e. The first-order chi connectivity index (χ1) is 15.3. The van der Waals surface area contributed by atoms with Crippen molar-refractivity contribution >= 4 is 34.9 Å². The Hall–Kier alpha value is -4.04. The zero-order valence-corrected chi connectivity index (χ0v) is 17.3. The van der Waals surface area contributed by atoms with Crippen LogP contribution >= 0.6 is 11.6 Å². The van der Waals surface area contributed by atoms with Crippen molar-refractivity contribution in [1.82, 2.24) is 5.32 Å². The zero-order valence-electron chi connectivity index (χ0n) is 16.6. The van der Waals surface area contributed by atoms with Crippen LogP contribution in [-0.4, -0.2) is 29.1 Å². The Morgan fingerprint density at radius 2 is 1.53 bits per heavy atom. The number of hydrogen-bond acceptors (Lipinski definition) is 6. The average molecular weight is 453 g/mol. The van der Waals surface area contributed by atoms with Crippen LogP contribution in [0.2, 0.25) is 5.02 Å². The van der Waals surface area contributed by atoms with Gasteiger partial charge in [0.15, 0.2) is 6.10 Å². The number of halogens is 1. The summed E-state index contributed by atoms with van der Waals surface area (Å²) < 4.78 is 5.36. The van der Waals surface area contributed by atoms with E-state index in [2.05, 4.69) is 5.32 Å². The van der Waals surface area contributed by atoms with Gasteiger partial charge in [0.2, 0.25) is 5.78 Å². The van der Waals surface area contributed by atoms with Crippen molar-refractivity contribution in [3.8, 4) is 0 Å². The molecule has 0 saturated carbocycles. The van der Waals surface area contributed by atoms with E-state index in [1.165, 1.54) is 48.5 Å². The van der Waals surface area contributed by atoms with E-state index in [4.69, 9.17) is 16.3 Å². The standard InChI is InChI=1S/C23H17ClN2O6/c24-18-10-6-17(7-11-18)23(29)25-14-20(27)32-22(21(28)15-4-2-1-3-5-15)16-8-12-19(13-9-16)26(30)31/h1-13,22H,14H2,(H,25,29). The van der Waals surface area contributed by atoms with E-state index >= 15 is 0 Å². The molecular formula is C23H17ClN2O6. The number of nitrogens with one attached hydrogen (secondary N) is 1. The predicted molar refractivity (Wildman–Crippen MR) is 116 cm³/mol. The summed E-state index contributed by atoms with van der Waals surface area (Å²) >= 11 is 5.79. The number of esters is 1. The second kappa shape index (κ2) is 10.3. The number of hydrogen-bond donors (Lipinski definition) is 1. The van der Waals surface area contributed by atoms with Gasteiger partial charge in [-0.05, 0) is 36.4 Å². The van der Waals surface area contributed by atoms with E-state index < -0.39 is 35.2 Å². The Bertz CT molecular complexity index is 1130. The number of Topliss-reactive ketones (excluding diaryl/α,β-unsaturated/α-hetero) is 1. The highest BCUT2D eigenvalue weighted by Crippen LogP contribution is 2.25. The van der Waals surface area contributed by atoms with Crippen molar-refractivity contribution in [1.29, 1.82) is 0 Å². The third kappa shape index (κ3) is 5.77. The molecule has 0 saturated heterocycles. The number of non-ortho nitro benzene ring substituents is 1. The monoisotopic (exact) mass is 452 g/mol. The van der Waals surface area contributed by atoms with Crippen LogP contribution in [-0.2, 0) is 9.53 Å². The summed E-state index contributed by atoms with van der Waals surface area (Å²) in [5.41, 5.74) is 0.700. The van der Waals surface area contributed by atoms with Crippen LogP contribution < -0.4 is 5.32 Å². The minimum atomic E-state index is -1.34. The quantitative estimate of drug-likeness (QED) is 0.237. The van der Waals surface area contributed by atoms with Gasteiger partial charge in [-0.25, -0.2) is 0 Å².